The summed E-state index contributed by atoms with van der Waals surface area (Å²) in [6, 6.07) is 16.6. The van der Waals surface area contributed by atoms with Gasteiger partial charge in [-0.25, -0.2) is 4.98 Å². The highest BCUT2D eigenvalue weighted by atomic mass is 16.5. The molecule has 5 rings (SSSR count). The van der Waals surface area contributed by atoms with Gasteiger partial charge in [-0.05, 0) is 44.4 Å². The summed E-state index contributed by atoms with van der Waals surface area (Å²) in [4.78, 5) is 13.4. The molecule has 4 heterocycles. The van der Waals surface area contributed by atoms with Gasteiger partial charge in [0, 0.05) is 42.6 Å². The van der Waals surface area contributed by atoms with E-state index in [2.05, 4.69) is 38.6 Å². The highest BCUT2D eigenvalue weighted by Crippen LogP contribution is 2.28. The number of rotatable bonds is 7. The summed E-state index contributed by atoms with van der Waals surface area (Å²) in [7, 11) is 0. The second kappa shape index (κ2) is 10.4. The van der Waals surface area contributed by atoms with Gasteiger partial charge in [0.15, 0.2) is 5.76 Å². The Morgan fingerprint density at radius 2 is 1.89 bits per heavy atom. The summed E-state index contributed by atoms with van der Waals surface area (Å²) < 4.78 is 11.2. The minimum Gasteiger partial charge on any atom is -0.380 e. The molecule has 1 N–H and O–H groups in total. The van der Waals surface area contributed by atoms with E-state index in [0.29, 0.717) is 28.9 Å². The van der Waals surface area contributed by atoms with Crippen LogP contribution in [0.25, 0.3) is 34.0 Å². The van der Waals surface area contributed by atoms with Crippen molar-refractivity contribution in [2.45, 2.75) is 44.7 Å². The second-order valence-electron chi connectivity index (χ2n) is 9.52. The molecular weight excluding hydrogens is 452 g/mol. The number of aromatic nitrogens is 4. The number of hydrogen-bond donors (Lipinski definition) is 1. The molecule has 4 aromatic rings. The van der Waals surface area contributed by atoms with Gasteiger partial charge in [-0.1, -0.05) is 29.4 Å². The van der Waals surface area contributed by atoms with E-state index in [1.54, 1.807) is 18.6 Å². The minimum atomic E-state index is -0.698. The van der Waals surface area contributed by atoms with Crippen LogP contribution in [0.3, 0.4) is 0 Å². The van der Waals surface area contributed by atoms with Crippen molar-refractivity contribution in [3.8, 4) is 40.0 Å². The summed E-state index contributed by atoms with van der Waals surface area (Å²) in [5, 5.41) is 17.3. The first-order chi connectivity index (χ1) is 17.5. The van der Waals surface area contributed by atoms with E-state index in [1.165, 1.54) is 5.56 Å². The highest BCUT2D eigenvalue weighted by Gasteiger charge is 2.22. The third-order valence-electron chi connectivity index (χ3n) is 6.38. The molecule has 0 amide bonds. The van der Waals surface area contributed by atoms with Crippen LogP contribution in [0.5, 0.6) is 0 Å². The maximum Gasteiger partial charge on any atom is 0.187 e. The van der Waals surface area contributed by atoms with Crippen LogP contribution in [-0.2, 0) is 16.7 Å². The number of benzene rings is 1. The van der Waals surface area contributed by atoms with Gasteiger partial charge in [0.25, 0.3) is 0 Å². The number of pyridine rings is 1. The first-order valence-corrected chi connectivity index (χ1v) is 12.1. The van der Waals surface area contributed by atoms with E-state index in [1.807, 2.05) is 44.2 Å². The third-order valence-corrected chi connectivity index (χ3v) is 6.38. The van der Waals surface area contributed by atoms with Crippen LogP contribution in [0.2, 0.25) is 0 Å². The van der Waals surface area contributed by atoms with Crippen molar-refractivity contribution in [1.29, 1.82) is 5.26 Å². The first-order valence-electron chi connectivity index (χ1n) is 12.1. The molecule has 1 aliphatic heterocycles. The van der Waals surface area contributed by atoms with Gasteiger partial charge in [0.05, 0.1) is 41.9 Å². The van der Waals surface area contributed by atoms with Gasteiger partial charge in [-0.3, -0.25) is 9.97 Å². The molecule has 0 spiro atoms. The Balaban J connectivity index is 1.30. The van der Waals surface area contributed by atoms with Crippen LogP contribution < -0.4 is 5.32 Å². The zero-order chi connectivity index (χ0) is 25.0. The third kappa shape index (κ3) is 5.33. The predicted molar refractivity (Wildman–Crippen MR) is 136 cm³/mol. The maximum absolute atomic E-state index is 9.45. The Hall–Kier alpha value is -3.93. The van der Waals surface area contributed by atoms with Crippen molar-refractivity contribution >= 4 is 0 Å². The number of nitriles is 1. The first kappa shape index (κ1) is 23.8. The standard InChI is InChI=1S/C28H28N6O2/c1-28(2,18-29)27-12-21(9-10-31-27)24-15-30-16-25(33-24)26-13-23(34-36-26)20-7-5-19(6-8-20)14-32-22-4-3-11-35-17-22/h5-10,12-13,15-16,22,32H,3-4,11,14,17H2,1-2H3. The molecule has 0 aliphatic carbocycles. The molecule has 1 fully saturated rings. The minimum absolute atomic E-state index is 0.421. The number of hydrogen-bond acceptors (Lipinski definition) is 8. The summed E-state index contributed by atoms with van der Waals surface area (Å²) in [6.07, 6.45) is 7.29. The molecule has 1 saturated heterocycles. The fraction of sp³-hybridized carbons (Fsp3) is 0.321. The topological polar surface area (TPSA) is 110 Å². The zero-order valence-electron chi connectivity index (χ0n) is 20.4. The quantitative estimate of drug-likeness (QED) is 0.396. The summed E-state index contributed by atoms with van der Waals surface area (Å²) >= 11 is 0. The van der Waals surface area contributed by atoms with Gasteiger partial charge >= 0.3 is 0 Å². The molecule has 0 bridgehead atoms. The Labute approximate surface area is 210 Å². The summed E-state index contributed by atoms with van der Waals surface area (Å²) in [5.74, 6) is 0.536. The molecule has 8 heteroatoms. The molecule has 1 aromatic carbocycles. The Morgan fingerprint density at radius 1 is 1.06 bits per heavy atom. The Bertz CT molecular complexity index is 1370. The van der Waals surface area contributed by atoms with Gasteiger partial charge < -0.3 is 14.6 Å². The largest absolute Gasteiger partial charge is 0.380 e. The fourth-order valence-corrected chi connectivity index (χ4v) is 4.10. The van der Waals surface area contributed by atoms with E-state index in [0.717, 1.165) is 49.4 Å². The van der Waals surface area contributed by atoms with Crippen molar-refractivity contribution in [3.63, 3.8) is 0 Å². The highest BCUT2D eigenvalue weighted by molar-refractivity contribution is 5.67. The van der Waals surface area contributed by atoms with Crippen LogP contribution in [0.4, 0.5) is 0 Å². The lowest BCUT2D eigenvalue weighted by Gasteiger charge is -2.23. The second-order valence-corrected chi connectivity index (χ2v) is 9.52. The fourth-order valence-electron chi connectivity index (χ4n) is 4.10. The van der Waals surface area contributed by atoms with E-state index >= 15 is 0 Å². The Kier molecular flexibility index (Phi) is 6.85. The molecule has 182 valence electrons. The molecule has 0 saturated carbocycles. The van der Waals surface area contributed by atoms with Crippen molar-refractivity contribution in [3.05, 3.63) is 72.3 Å². The van der Waals surface area contributed by atoms with Gasteiger partial charge in [-0.2, -0.15) is 5.26 Å². The van der Waals surface area contributed by atoms with Crippen LogP contribution in [-0.4, -0.2) is 39.4 Å². The SMILES string of the molecule is CC(C)(C#N)c1cc(-c2cncc(-c3cc(-c4ccc(CNC5CCCOC5)cc4)no3)n2)ccn1. The van der Waals surface area contributed by atoms with Crippen molar-refractivity contribution in [1.82, 2.24) is 25.4 Å². The average Bonchev–Trinajstić information content (AvgIpc) is 3.43. The number of nitrogens with zero attached hydrogens (tertiary/aromatic N) is 5. The lowest BCUT2D eigenvalue weighted by Crippen LogP contribution is -2.36. The number of nitrogens with one attached hydrogen (secondary N) is 1. The van der Waals surface area contributed by atoms with Crippen LogP contribution in [0, 0.1) is 11.3 Å². The van der Waals surface area contributed by atoms with Gasteiger partial charge in [0.1, 0.15) is 11.4 Å². The van der Waals surface area contributed by atoms with E-state index in [-0.39, 0.29) is 0 Å². The van der Waals surface area contributed by atoms with Crippen molar-refractivity contribution in [2.75, 3.05) is 13.2 Å². The average molecular weight is 481 g/mol. The molecule has 0 radical (unpaired) electrons. The molecule has 1 atom stereocenters. The van der Waals surface area contributed by atoms with Gasteiger partial charge in [-0.15, -0.1) is 0 Å². The number of ether oxygens (including phenoxy) is 1. The van der Waals surface area contributed by atoms with Crippen LogP contribution >= 0.6 is 0 Å². The smallest absolute Gasteiger partial charge is 0.187 e. The lowest BCUT2D eigenvalue weighted by molar-refractivity contribution is 0.0699. The molecule has 36 heavy (non-hydrogen) atoms. The molecule has 1 aliphatic rings. The summed E-state index contributed by atoms with van der Waals surface area (Å²) in [6.45, 7) is 6.14. The monoisotopic (exact) mass is 480 g/mol. The lowest BCUT2D eigenvalue weighted by atomic mass is 9.90. The zero-order valence-corrected chi connectivity index (χ0v) is 20.4. The Morgan fingerprint density at radius 3 is 2.67 bits per heavy atom. The molecule has 8 nitrogen and oxygen atoms in total. The maximum atomic E-state index is 9.45. The van der Waals surface area contributed by atoms with E-state index < -0.39 is 5.41 Å². The van der Waals surface area contributed by atoms with Crippen molar-refractivity contribution in [2.24, 2.45) is 0 Å². The van der Waals surface area contributed by atoms with E-state index in [9.17, 15) is 5.26 Å². The van der Waals surface area contributed by atoms with Crippen LogP contribution in [0.1, 0.15) is 37.9 Å². The molecular formula is C28H28N6O2. The van der Waals surface area contributed by atoms with Crippen molar-refractivity contribution < 1.29 is 9.26 Å². The summed E-state index contributed by atoms with van der Waals surface area (Å²) in [5.41, 5.74) is 4.99. The van der Waals surface area contributed by atoms with Gasteiger partial charge in [0.2, 0.25) is 0 Å². The predicted octanol–water partition coefficient (Wildman–Crippen LogP) is 4.93. The molecule has 3 aromatic heterocycles. The van der Waals surface area contributed by atoms with E-state index in [4.69, 9.17) is 14.2 Å². The van der Waals surface area contributed by atoms with Crippen LogP contribution in [0.15, 0.2) is 65.6 Å². The normalized spacial score (nSPS) is 16.0. The molecule has 1 unspecified atom stereocenters.